The molecule has 1 saturated carbocycles. The van der Waals surface area contributed by atoms with Crippen LogP contribution in [0.4, 0.5) is 16.6 Å². The largest absolute Gasteiger partial charge is 0.444 e. The maximum Gasteiger partial charge on any atom is 0.410 e. The fourth-order valence-corrected chi connectivity index (χ4v) is 4.47. The van der Waals surface area contributed by atoms with Crippen LogP contribution in [0, 0.1) is 5.92 Å². The summed E-state index contributed by atoms with van der Waals surface area (Å²) in [6.07, 6.45) is 6.18. The Labute approximate surface area is 188 Å². The van der Waals surface area contributed by atoms with Crippen LogP contribution in [-0.2, 0) is 11.3 Å². The van der Waals surface area contributed by atoms with E-state index in [0.717, 1.165) is 54.3 Å². The molecule has 170 valence electrons. The summed E-state index contributed by atoms with van der Waals surface area (Å²) >= 11 is 0. The number of hydrogen-bond donors (Lipinski definition) is 2. The number of carbonyl (C=O) groups is 1. The van der Waals surface area contributed by atoms with Crippen molar-refractivity contribution in [2.75, 3.05) is 24.1 Å². The second kappa shape index (κ2) is 7.83. The van der Waals surface area contributed by atoms with E-state index in [1.807, 2.05) is 31.7 Å². The highest BCUT2D eigenvalue weighted by atomic mass is 16.6. The van der Waals surface area contributed by atoms with Gasteiger partial charge in [0.15, 0.2) is 0 Å². The summed E-state index contributed by atoms with van der Waals surface area (Å²) in [5, 5.41) is 5.34. The molecule has 1 aliphatic heterocycles. The third-order valence-electron chi connectivity index (χ3n) is 6.27. The van der Waals surface area contributed by atoms with Gasteiger partial charge in [0, 0.05) is 42.8 Å². The first-order chi connectivity index (χ1) is 15.3. The summed E-state index contributed by atoms with van der Waals surface area (Å²) in [4.78, 5) is 23.3. The van der Waals surface area contributed by atoms with Gasteiger partial charge in [0.25, 0.3) is 0 Å². The van der Waals surface area contributed by atoms with Gasteiger partial charge in [-0.15, -0.1) is 0 Å². The van der Waals surface area contributed by atoms with E-state index in [9.17, 15) is 4.79 Å². The van der Waals surface area contributed by atoms with Crippen LogP contribution in [0.3, 0.4) is 0 Å². The quantitative estimate of drug-likeness (QED) is 0.629. The lowest BCUT2D eigenvalue weighted by Crippen LogP contribution is -2.42. The predicted molar refractivity (Wildman–Crippen MR) is 127 cm³/mol. The number of carbonyl (C=O) groups excluding carboxylic acids is 1. The minimum atomic E-state index is -0.457. The van der Waals surface area contributed by atoms with Gasteiger partial charge in [-0.25, -0.2) is 9.78 Å². The van der Waals surface area contributed by atoms with E-state index in [-0.39, 0.29) is 6.09 Å². The van der Waals surface area contributed by atoms with E-state index in [1.54, 1.807) is 0 Å². The number of benzene rings is 1. The molecule has 5 rings (SSSR count). The van der Waals surface area contributed by atoms with Crippen molar-refractivity contribution in [1.29, 1.82) is 0 Å². The molecule has 3 N–H and O–H groups in total. The molecule has 0 radical (unpaired) electrons. The molecule has 2 fully saturated rings. The number of piperidine rings is 1. The molecule has 0 bridgehead atoms. The smallest absolute Gasteiger partial charge is 0.410 e. The minimum absolute atomic E-state index is 0.208. The van der Waals surface area contributed by atoms with Gasteiger partial charge in [0.05, 0.1) is 10.9 Å². The van der Waals surface area contributed by atoms with Crippen molar-refractivity contribution in [1.82, 2.24) is 19.4 Å². The molecule has 2 aromatic heterocycles. The van der Waals surface area contributed by atoms with Crippen LogP contribution in [0.15, 0.2) is 24.4 Å². The topological polar surface area (TPSA) is 98.3 Å². The third-order valence-corrected chi connectivity index (χ3v) is 6.27. The molecule has 0 atom stereocenters. The van der Waals surface area contributed by atoms with Gasteiger partial charge in [-0.05, 0) is 70.6 Å². The molecule has 3 aromatic rings. The fraction of sp³-hybridized carbons (Fsp3) is 0.542. The highest BCUT2D eigenvalue weighted by Crippen LogP contribution is 2.32. The molecule has 1 amide bonds. The number of rotatable bonds is 4. The van der Waals surface area contributed by atoms with Crippen LogP contribution in [0.1, 0.15) is 46.5 Å². The van der Waals surface area contributed by atoms with Gasteiger partial charge in [0.1, 0.15) is 11.4 Å². The number of aromatic nitrogens is 3. The zero-order chi connectivity index (χ0) is 22.5. The summed E-state index contributed by atoms with van der Waals surface area (Å²) in [6, 6.07) is 6.76. The van der Waals surface area contributed by atoms with E-state index in [4.69, 9.17) is 10.5 Å². The van der Waals surface area contributed by atoms with E-state index in [1.165, 1.54) is 12.8 Å². The van der Waals surface area contributed by atoms with E-state index < -0.39 is 5.60 Å². The monoisotopic (exact) mass is 436 g/mol. The lowest BCUT2D eigenvalue weighted by atomic mass is 9.97. The van der Waals surface area contributed by atoms with Crippen LogP contribution < -0.4 is 11.1 Å². The number of nitrogens with zero attached hydrogens (tertiary/aromatic N) is 4. The van der Waals surface area contributed by atoms with E-state index >= 15 is 0 Å². The molecular weight excluding hydrogens is 404 g/mol. The number of hydrogen-bond acceptors (Lipinski definition) is 6. The molecule has 8 heteroatoms. The Balaban J connectivity index is 1.30. The van der Waals surface area contributed by atoms with Crippen molar-refractivity contribution < 1.29 is 9.53 Å². The van der Waals surface area contributed by atoms with Gasteiger partial charge < -0.3 is 25.3 Å². The predicted octanol–water partition coefficient (Wildman–Crippen LogP) is 4.39. The van der Waals surface area contributed by atoms with E-state index in [0.29, 0.717) is 23.7 Å². The van der Waals surface area contributed by atoms with Crippen molar-refractivity contribution in [3.8, 4) is 0 Å². The number of likely N-dealkylation sites (tertiary alicyclic amines) is 1. The fourth-order valence-electron chi connectivity index (χ4n) is 4.47. The molecular formula is C24H32N6O2. The Morgan fingerprint density at radius 2 is 1.91 bits per heavy atom. The number of fused-ring (bicyclic) bond motifs is 3. The maximum absolute atomic E-state index is 12.3. The van der Waals surface area contributed by atoms with Crippen molar-refractivity contribution in [2.45, 2.75) is 64.6 Å². The zero-order valence-corrected chi connectivity index (χ0v) is 19.1. The second-order valence-electron chi connectivity index (χ2n) is 10.1. The summed E-state index contributed by atoms with van der Waals surface area (Å²) < 4.78 is 7.80. The Morgan fingerprint density at radius 3 is 2.59 bits per heavy atom. The minimum Gasteiger partial charge on any atom is -0.444 e. The highest BCUT2D eigenvalue weighted by Gasteiger charge is 2.27. The third kappa shape index (κ3) is 4.31. The van der Waals surface area contributed by atoms with Gasteiger partial charge in [-0.2, -0.15) is 4.98 Å². The Bertz CT molecular complexity index is 1150. The first-order valence-electron chi connectivity index (χ1n) is 11.6. The molecule has 1 saturated heterocycles. The standard InChI is InChI=1S/C24H32N6O2/c1-24(2,3)32-23(31)29-11-8-15(9-12-29)14-30-13-10-17-19(30)7-6-18-20(17)21(25)28-22(27-18)26-16-4-5-16/h6-7,10,13,15-16H,4-5,8-9,11-12,14H2,1-3H3,(H3,25,26,27,28). The maximum atomic E-state index is 12.3. The number of amides is 1. The molecule has 1 aromatic carbocycles. The average Bonchev–Trinajstić information content (AvgIpc) is 3.45. The summed E-state index contributed by atoms with van der Waals surface area (Å²) in [6.45, 7) is 8.10. The zero-order valence-electron chi connectivity index (χ0n) is 19.1. The van der Waals surface area contributed by atoms with Crippen molar-refractivity contribution in [3.05, 3.63) is 24.4 Å². The number of anilines is 2. The van der Waals surface area contributed by atoms with Gasteiger partial charge in [0.2, 0.25) is 5.95 Å². The highest BCUT2D eigenvalue weighted by molar-refractivity contribution is 6.10. The Morgan fingerprint density at radius 1 is 1.16 bits per heavy atom. The number of nitrogens with one attached hydrogen (secondary N) is 1. The molecule has 3 heterocycles. The summed E-state index contributed by atoms with van der Waals surface area (Å²) in [7, 11) is 0. The molecule has 0 unspecified atom stereocenters. The number of ether oxygens (including phenoxy) is 1. The van der Waals surface area contributed by atoms with Gasteiger partial charge in [-0.1, -0.05) is 0 Å². The first-order valence-corrected chi connectivity index (χ1v) is 11.6. The molecule has 1 aliphatic carbocycles. The Kier molecular flexibility index (Phi) is 5.10. The van der Waals surface area contributed by atoms with Gasteiger partial charge in [-0.3, -0.25) is 0 Å². The molecule has 8 nitrogen and oxygen atoms in total. The lowest BCUT2D eigenvalue weighted by Gasteiger charge is -2.33. The average molecular weight is 437 g/mol. The summed E-state index contributed by atoms with van der Waals surface area (Å²) in [5.41, 5.74) is 7.91. The van der Waals surface area contributed by atoms with Crippen molar-refractivity contribution in [2.24, 2.45) is 5.92 Å². The van der Waals surface area contributed by atoms with Crippen molar-refractivity contribution >= 4 is 39.7 Å². The van der Waals surface area contributed by atoms with E-state index in [2.05, 4.69) is 38.2 Å². The molecule has 2 aliphatic rings. The van der Waals surface area contributed by atoms with Crippen LogP contribution >= 0.6 is 0 Å². The second-order valence-corrected chi connectivity index (χ2v) is 10.1. The van der Waals surface area contributed by atoms with Crippen LogP contribution in [0.5, 0.6) is 0 Å². The number of nitrogens with two attached hydrogens (primary N) is 1. The molecule has 0 spiro atoms. The Hall–Kier alpha value is -3.03. The van der Waals surface area contributed by atoms with Crippen LogP contribution in [-0.4, -0.2) is 50.3 Å². The first kappa shape index (κ1) is 20.8. The SMILES string of the molecule is CC(C)(C)OC(=O)N1CCC(Cn2ccc3c4c(N)nc(NC5CC5)nc4ccc32)CC1. The lowest BCUT2D eigenvalue weighted by molar-refractivity contribution is 0.0178. The number of nitrogen functional groups attached to an aromatic ring is 1. The van der Waals surface area contributed by atoms with Crippen LogP contribution in [0.2, 0.25) is 0 Å². The van der Waals surface area contributed by atoms with Crippen molar-refractivity contribution in [3.63, 3.8) is 0 Å². The molecule has 32 heavy (non-hydrogen) atoms. The van der Waals surface area contributed by atoms with Gasteiger partial charge >= 0.3 is 6.09 Å². The normalized spacial score (nSPS) is 17.8. The summed E-state index contributed by atoms with van der Waals surface area (Å²) in [5.74, 6) is 1.65. The van der Waals surface area contributed by atoms with Crippen LogP contribution in [0.25, 0.3) is 21.8 Å².